The van der Waals surface area contributed by atoms with Gasteiger partial charge in [-0.3, -0.25) is 14.4 Å². The lowest BCUT2D eigenvalue weighted by atomic mass is 9.71. The van der Waals surface area contributed by atoms with Gasteiger partial charge in [-0.25, -0.2) is 4.79 Å². The smallest absolute Gasteiger partial charge is 0.338 e. The lowest BCUT2D eigenvalue weighted by Gasteiger charge is -2.37. The summed E-state index contributed by atoms with van der Waals surface area (Å²) in [5, 5.41) is 5.52. The van der Waals surface area contributed by atoms with E-state index in [-0.39, 0.29) is 30.1 Å². The zero-order valence-corrected chi connectivity index (χ0v) is 16.3. The van der Waals surface area contributed by atoms with Gasteiger partial charge in [0, 0.05) is 29.8 Å². The Morgan fingerprint density at radius 3 is 2.50 bits per heavy atom. The highest BCUT2D eigenvalue weighted by molar-refractivity contribution is 6.09. The molecule has 148 valence electrons. The molecule has 28 heavy (non-hydrogen) atoms. The Hall–Kier alpha value is -2.96. The van der Waals surface area contributed by atoms with E-state index < -0.39 is 17.8 Å². The van der Waals surface area contributed by atoms with Crippen LogP contribution < -0.4 is 10.6 Å². The molecule has 0 saturated heterocycles. The number of rotatable bonds is 4. The zero-order valence-electron chi connectivity index (χ0n) is 16.3. The van der Waals surface area contributed by atoms with Crippen LogP contribution in [0.25, 0.3) is 0 Å². The quantitative estimate of drug-likeness (QED) is 0.777. The van der Waals surface area contributed by atoms with Crippen LogP contribution in [-0.2, 0) is 19.1 Å². The molecule has 2 N–H and O–H groups in total. The highest BCUT2D eigenvalue weighted by Gasteiger charge is 2.42. The van der Waals surface area contributed by atoms with Crippen LogP contribution in [0.3, 0.4) is 0 Å². The van der Waals surface area contributed by atoms with Gasteiger partial charge in [0.05, 0.1) is 18.1 Å². The van der Waals surface area contributed by atoms with Crippen LogP contribution in [0.1, 0.15) is 50.4 Å². The first-order valence-corrected chi connectivity index (χ1v) is 9.34. The van der Waals surface area contributed by atoms with Crippen LogP contribution in [0.15, 0.2) is 35.5 Å². The number of ketones is 1. The van der Waals surface area contributed by atoms with Crippen LogP contribution >= 0.6 is 0 Å². The summed E-state index contributed by atoms with van der Waals surface area (Å²) in [5.41, 5.74) is 1.60. The number of esters is 1. The van der Waals surface area contributed by atoms with Crippen molar-refractivity contribution in [3.8, 4) is 0 Å². The molecular weight excluding hydrogens is 360 g/mol. The van der Waals surface area contributed by atoms with Crippen LogP contribution in [0.4, 0.5) is 5.69 Å². The molecule has 0 saturated carbocycles. The zero-order chi connectivity index (χ0) is 20.5. The fraction of sp³-hybridized carbons (Fsp3) is 0.429. The number of hydrogen-bond donors (Lipinski definition) is 2. The first-order valence-electron chi connectivity index (χ1n) is 9.34. The number of amides is 2. The predicted molar refractivity (Wildman–Crippen MR) is 102 cm³/mol. The summed E-state index contributed by atoms with van der Waals surface area (Å²) in [6, 6.07) is 6.29. The van der Waals surface area contributed by atoms with Gasteiger partial charge in [-0.1, -0.05) is 13.8 Å². The van der Waals surface area contributed by atoms with Crippen molar-refractivity contribution in [1.82, 2.24) is 5.32 Å². The van der Waals surface area contributed by atoms with Crippen molar-refractivity contribution in [2.45, 2.75) is 40.0 Å². The Bertz CT molecular complexity index is 867. The van der Waals surface area contributed by atoms with Crippen molar-refractivity contribution in [2.75, 3.05) is 11.9 Å². The molecule has 7 heteroatoms. The number of carbonyl (C=O) groups is 4. The number of ether oxygens (including phenoxy) is 1. The van der Waals surface area contributed by atoms with Crippen molar-refractivity contribution in [3.63, 3.8) is 0 Å². The average molecular weight is 384 g/mol. The van der Waals surface area contributed by atoms with Crippen molar-refractivity contribution in [2.24, 2.45) is 11.3 Å². The van der Waals surface area contributed by atoms with Crippen molar-refractivity contribution in [1.29, 1.82) is 0 Å². The van der Waals surface area contributed by atoms with Crippen molar-refractivity contribution >= 4 is 29.3 Å². The number of allylic oxidation sites excluding steroid dienone is 1. The van der Waals surface area contributed by atoms with Crippen LogP contribution in [0.5, 0.6) is 0 Å². The summed E-state index contributed by atoms with van der Waals surface area (Å²) < 4.78 is 4.93. The van der Waals surface area contributed by atoms with Gasteiger partial charge >= 0.3 is 5.97 Å². The van der Waals surface area contributed by atoms with E-state index in [0.717, 1.165) is 0 Å². The van der Waals surface area contributed by atoms with Gasteiger partial charge in [0.25, 0.3) is 0 Å². The minimum atomic E-state index is -0.808. The second kappa shape index (κ2) is 7.58. The Morgan fingerprint density at radius 2 is 1.86 bits per heavy atom. The minimum Gasteiger partial charge on any atom is -0.462 e. The third-order valence-corrected chi connectivity index (χ3v) is 4.93. The van der Waals surface area contributed by atoms with Crippen LogP contribution in [0.2, 0.25) is 0 Å². The molecule has 0 radical (unpaired) electrons. The molecule has 0 bridgehead atoms. The number of nitrogens with one attached hydrogen (secondary N) is 2. The molecule has 1 aliphatic carbocycles. The van der Waals surface area contributed by atoms with E-state index >= 15 is 0 Å². The summed E-state index contributed by atoms with van der Waals surface area (Å²) in [6.45, 7) is 5.94. The molecule has 1 aromatic rings. The normalized spacial score (nSPS) is 20.9. The minimum absolute atomic E-state index is 0.0578. The number of anilines is 1. The number of benzene rings is 1. The summed E-state index contributed by atoms with van der Waals surface area (Å²) >= 11 is 0. The molecule has 0 fully saturated rings. The second-order valence-corrected chi connectivity index (χ2v) is 7.93. The lowest BCUT2D eigenvalue weighted by molar-refractivity contribution is -0.129. The topological polar surface area (TPSA) is 102 Å². The van der Waals surface area contributed by atoms with Crippen LogP contribution in [-0.4, -0.2) is 30.2 Å². The molecule has 1 unspecified atom stereocenters. The molecule has 1 heterocycles. The van der Waals surface area contributed by atoms with E-state index in [2.05, 4.69) is 10.6 Å². The predicted octanol–water partition coefficient (Wildman–Crippen LogP) is 2.58. The van der Waals surface area contributed by atoms with Crippen LogP contribution in [0, 0.1) is 11.3 Å². The maximum atomic E-state index is 12.8. The fourth-order valence-corrected chi connectivity index (χ4v) is 3.71. The lowest BCUT2D eigenvalue weighted by Crippen LogP contribution is -2.44. The maximum absolute atomic E-state index is 12.8. The van der Waals surface area contributed by atoms with Gasteiger partial charge in [-0.2, -0.15) is 0 Å². The Morgan fingerprint density at radius 1 is 1.18 bits per heavy atom. The fourth-order valence-electron chi connectivity index (χ4n) is 3.71. The largest absolute Gasteiger partial charge is 0.462 e. The van der Waals surface area contributed by atoms with E-state index in [0.29, 0.717) is 35.4 Å². The molecule has 0 spiro atoms. The van der Waals surface area contributed by atoms with Gasteiger partial charge in [0.1, 0.15) is 0 Å². The third kappa shape index (κ3) is 4.13. The van der Waals surface area contributed by atoms with E-state index in [1.807, 2.05) is 13.8 Å². The number of Topliss-reactive ketones (excluding diaryl/α,β-unsaturated/α-hetero) is 1. The van der Waals surface area contributed by atoms with Gasteiger partial charge in [0.2, 0.25) is 11.8 Å². The van der Waals surface area contributed by atoms with E-state index in [1.165, 1.54) is 0 Å². The second-order valence-electron chi connectivity index (χ2n) is 7.93. The van der Waals surface area contributed by atoms with Gasteiger partial charge in [0.15, 0.2) is 5.78 Å². The first kappa shape index (κ1) is 19.8. The van der Waals surface area contributed by atoms with Crippen molar-refractivity contribution < 1.29 is 23.9 Å². The molecule has 1 atom stereocenters. The molecule has 1 aliphatic heterocycles. The first-order chi connectivity index (χ1) is 13.2. The number of carbonyl (C=O) groups excluding carboxylic acids is 4. The molecule has 2 amide bonds. The van der Waals surface area contributed by atoms with Gasteiger partial charge in [-0.15, -0.1) is 0 Å². The Labute approximate surface area is 163 Å². The SMILES string of the molecule is CCOC(=O)c1ccc(NC(=O)C2CC(=O)NC3=C2C(=O)CC(C)(C)C3)cc1. The van der Waals surface area contributed by atoms with E-state index in [4.69, 9.17) is 4.74 Å². The third-order valence-electron chi connectivity index (χ3n) is 4.93. The molecular formula is C21H24N2O5. The summed E-state index contributed by atoms with van der Waals surface area (Å²) in [5.74, 6) is -2.00. The molecule has 2 aliphatic rings. The summed E-state index contributed by atoms with van der Waals surface area (Å²) in [6.07, 6.45) is 0.843. The average Bonchev–Trinajstić information content (AvgIpc) is 2.60. The molecule has 1 aromatic carbocycles. The number of hydrogen-bond acceptors (Lipinski definition) is 5. The highest BCUT2D eigenvalue weighted by Crippen LogP contribution is 2.40. The molecule has 0 aromatic heterocycles. The van der Waals surface area contributed by atoms with Crippen molar-refractivity contribution in [3.05, 3.63) is 41.1 Å². The molecule has 7 nitrogen and oxygen atoms in total. The standard InChI is InChI=1S/C21H24N2O5/c1-4-28-20(27)12-5-7-13(8-6-12)22-19(26)14-9-17(25)23-15-10-21(2,3)11-16(24)18(14)15/h5-8,14H,4,9-11H2,1-3H3,(H,22,26)(H,23,25). The monoisotopic (exact) mass is 384 g/mol. The maximum Gasteiger partial charge on any atom is 0.338 e. The van der Waals surface area contributed by atoms with Gasteiger partial charge < -0.3 is 15.4 Å². The Balaban J connectivity index is 1.79. The van der Waals surface area contributed by atoms with Gasteiger partial charge in [-0.05, 0) is 43.0 Å². The van der Waals surface area contributed by atoms with E-state index in [9.17, 15) is 19.2 Å². The Kier molecular flexibility index (Phi) is 5.36. The van der Waals surface area contributed by atoms with E-state index in [1.54, 1.807) is 31.2 Å². The molecule has 3 rings (SSSR count). The highest BCUT2D eigenvalue weighted by atomic mass is 16.5. The summed E-state index contributed by atoms with van der Waals surface area (Å²) in [7, 11) is 0. The summed E-state index contributed by atoms with van der Waals surface area (Å²) in [4.78, 5) is 49.3.